The number of aromatic nitrogens is 1. The molecular formula is C17H24N2O2S. The van der Waals surface area contributed by atoms with E-state index in [1.54, 1.807) is 12.1 Å². The molecule has 5 heteroatoms. The standard InChI is InChI=1S/C17H24N2O2S/c1-12-10-14(13(2)19-12)11-18-22(20,21)16-8-6-15(7-9-16)17(3,4)5/h6-10,18-19H,11H2,1-5H3. The van der Waals surface area contributed by atoms with Crippen molar-refractivity contribution in [2.24, 2.45) is 0 Å². The summed E-state index contributed by atoms with van der Waals surface area (Å²) in [5.74, 6) is 0. The number of rotatable bonds is 4. The highest BCUT2D eigenvalue weighted by Crippen LogP contribution is 2.23. The lowest BCUT2D eigenvalue weighted by Gasteiger charge is -2.19. The highest BCUT2D eigenvalue weighted by molar-refractivity contribution is 7.89. The molecule has 1 aromatic carbocycles. The number of H-pyrrole nitrogens is 1. The molecule has 1 aromatic heterocycles. The first kappa shape index (κ1) is 16.8. The molecule has 0 amide bonds. The van der Waals surface area contributed by atoms with Gasteiger partial charge in [-0.05, 0) is 48.6 Å². The van der Waals surface area contributed by atoms with Crippen LogP contribution in [0.2, 0.25) is 0 Å². The summed E-state index contributed by atoms with van der Waals surface area (Å²) in [6.45, 7) is 10.5. The van der Waals surface area contributed by atoms with E-state index in [4.69, 9.17) is 0 Å². The normalized spacial score (nSPS) is 12.6. The quantitative estimate of drug-likeness (QED) is 0.907. The zero-order valence-corrected chi connectivity index (χ0v) is 14.6. The Balaban J connectivity index is 2.15. The summed E-state index contributed by atoms with van der Waals surface area (Å²) >= 11 is 0. The number of hydrogen-bond acceptors (Lipinski definition) is 2. The van der Waals surface area contributed by atoms with Crippen LogP contribution in [0.1, 0.15) is 43.3 Å². The number of nitrogens with one attached hydrogen (secondary N) is 2. The first-order valence-electron chi connectivity index (χ1n) is 7.35. The molecule has 0 atom stereocenters. The third-order valence-electron chi connectivity index (χ3n) is 3.74. The predicted octanol–water partition coefficient (Wildman–Crippen LogP) is 3.41. The van der Waals surface area contributed by atoms with E-state index in [0.717, 1.165) is 22.5 Å². The Morgan fingerprint density at radius 2 is 1.68 bits per heavy atom. The second-order valence-corrected chi connectivity index (χ2v) is 8.47. The van der Waals surface area contributed by atoms with Crippen molar-refractivity contribution in [1.82, 2.24) is 9.71 Å². The summed E-state index contributed by atoms with van der Waals surface area (Å²) in [6, 6.07) is 9.04. The largest absolute Gasteiger partial charge is 0.362 e. The number of aryl methyl sites for hydroxylation is 2. The lowest BCUT2D eigenvalue weighted by molar-refractivity contribution is 0.578. The molecule has 2 rings (SSSR count). The maximum atomic E-state index is 12.4. The molecule has 0 fully saturated rings. The molecule has 0 aliphatic carbocycles. The molecule has 120 valence electrons. The lowest BCUT2D eigenvalue weighted by atomic mass is 9.87. The molecule has 0 unspecified atom stereocenters. The first-order valence-corrected chi connectivity index (χ1v) is 8.83. The molecule has 4 nitrogen and oxygen atoms in total. The summed E-state index contributed by atoms with van der Waals surface area (Å²) < 4.78 is 27.4. The van der Waals surface area contributed by atoms with Crippen molar-refractivity contribution in [2.75, 3.05) is 0 Å². The number of aromatic amines is 1. The predicted molar refractivity (Wildman–Crippen MR) is 89.4 cm³/mol. The van der Waals surface area contributed by atoms with Gasteiger partial charge in [-0.25, -0.2) is 13.1 Å². The Labute approximate surface area is 133 Å². The van der Waals surface area contributed by atoms with Crippen LogP contribution in [0, 0.1) is 13.8 Å². The third-order valence-corrected chi connectivity index (χ3v) is 5.16. The fourth-order valence-electron chi connectivity index (χ4n) is 2.36. The van der Waals surface area contributed by atoms with Crippen molar-refractivity contribution in [2.45, 2.75) is 51.5 Å². The van der Waals surface area contributed by atoms with Gasteiger partial charge in [0, 0.05) is 17.9 Å². The van der Waals surface area contributed by atoms with Crippen LogP contribution in [-0.4, -0.2) is 13.4 Å². The molecule has 2 N–H and O–H groups in total. The fourth-order valence-corrected chi connectivity index (χ4v) is 3.36. The highest BCUT2D eigenvalue weighted by atomic mass is 32.2. The molecule has 0 bridgehead atoms. The van der Waals surface area contributed by atoms with Crippen LogP contribution in [0.3, 0.4) is 0 Å². The summed E-state index contributed by atoms with van der Waals surface area (Å²) in [5, 5.41) is 0. The van der Waals surface area contributed by atoms with E-state index in [1.165, 1.54) is 0 Å². The van der Waals surface area contributed by atoms with Gasteiger partial charge < -0.3 is 4.98 Å². The van der Waals surface area contributed by atoms with Crippen molar-refractivity contribution in [3.8, 4) is 0 Å². The van der Waals surface area contributed by atoms with Crippen LogP contribution < -0.4 is 4.72 Å². The highest BCUT2D eigenvalue weighted by Gasteiger charge is 2.17. The van der Waals surface area contributed by atoms with Crippen molar-refractivity contribution in [1.29, 1.82) is 0 Å². The summed E-state index contributed by atoms with van der Waals surface area (Å²) in [6.07, 6.45) is 0. The molecule has 0 aliphatic heterocycles. The Hall–Kier alpha value is -1.59. The minimum Gasteiger partial charge on any atom is -0.362 e. The van der Waals surface area contributed by atoms with Crippen molar-refractivity contribution in [3.63, 3.8) is 0 Å². The van der Waals surface area contributed by atoms with E-state index in [2.05, 4.69) is 30.5 Å². The van der Waals surface area contributed by atoms with Crippen LogP contribution in [0.5, 0.6) is 0 Å². The van der Waals surface area contributed by atoms with Gasteiger partial charge in [0.2, 0.25) is 10.0 Å². The van der Waals surface area contributed by atoms with Crippen LogP contribution in [-0.2, 0) is 22.0 Å². The minimum atomic E-state index is -3.49. The van der Waals surface area contributed by atoms with Crippen LogP contribution in [0.4, 0.5) is 0 Å². The molecular weight excluding hydrogens is 296 g/mol. The molecule has 22 heavy (non-hydrogen) atoms. The molecule has 0 radical (unpaired) electrons. The van der Waals surface area contributed by atoms with Gasteiger partial charge >= 0.3 is 0 Å². The molecule has 0 saturated carbocycles. The van der Waals surface area contributed by atoms with Gasteiger partial charge in [0.15, 0.2) is 0 Å². The van der Waals surface area contributed by atoms with Crippen molar-refractivity contribution >= 4 is 10.0 Å². The Kier molecular flexibility index (Phi) is 4.49. The summed E-state index contributed by atoms with van der Waals surface area (Å²) in [7, 11) is -3.49. The third kappa shape index (κ3) is 3.78. The fraction of sp³-hybridized carbons (Fsp3) is 0.412. The van der Waals surface area contributed by atoms with Gasteiger partial charge in [0.05, 0.1) is 4.90 Å². The molecule has 2 aromatic rings. The average molecular weight is 320 g/mol. The van der Waals surface area contributed by atoms with Gasteiger partial charge in [-0.1, -0.05) is 32.9 Å². The monoisotopic (exact) mass is 320 g/mol. The second-order valence-electron chi connectivity index (χ2n) is 6.70. The van der Waals surface area contributed by atoms with Gasteiger partial charge in [-0.2, -0.15) is 0 Å². The number of benzene rings is 1. The van der Waals surface area contributed by atoms with E-state index in [9.17, 15) is 8.42 Å². The van der Waals surface area contributed by atoms with E-state index < -0.39 is 10.0 Å². The summed E-state index contributed by atoms with van der Waals surface area (Å²) in [4.78, 5) is 3.47. The van der Waals surface area contributed by atoms with E-state index >= 15 is 0 Å². The Bertz CT molecular complexity index is 751. The van der Waals surface area contributed by atoms with Crippen LogP contribution >= 0.6 is 0 Å². The molecule has 0 aliphatic rings. The maximum absolute atomic E-state index is 12.4. The van der Waals surface area contributed by atoms with Crippen molar-refractivity contribution < 1.29 is 8.42 Å². The molecule has 0 saturated heterocycles. The zero-order chi connectivity index (χ0) is 16.5. The van der Waals surface area contributed by atoms with E-state index in [0.29, 0.717) is 11.4 Å². The number of sulfonamides is 1. The second kappa shape index (κ2) is 5.89. The minimum absolute atomic E-state index is 0.00941. The Morgan fingerprint density at radius 3 is 2.14 bits per heavy atom. The zero-order valence-electron chi connectivity index (χ0n) is 13.8. The smallest absolute Gasteiger partial charge is 0.240 e. The van der Waals surface area contributed by atoms with E-state index in [1.807, 2.05) is 32.0 Å². The van der Waals surface area contributed by atoms with Crippen LogP contribution in [0.15, 0.2) is 35.2 Å². The van der Waals surface area contributed by atoms with Gasteiger partial charge in [0.1, 0.15) is 0 Å². The van der Waals surface area contributed by atoms with Gasteiger partial charge in [-0.15, -0.1) is 0 Å². The Morgan fingerprint density at radius 1 is 1.09 bits per heavy atom. The van der Waals surface area contributed by atoms with Crippen molar-refractivity contribution in [3.05, 3.63) is 52.8 Å². The molecule has 1 heterocycles. The van der Waals surface area contributed by atoms with Gasteiger partial charge in [0.25, 0.3) is 0 Å². The SMILES string of the molecule is Cc1cc(CNS(=O)(=O)c2ccc(C(C)(C)C)cc2)c(C)[nH]1. The maximum Gasteiger partial charge on any atom is 0.240 e. The van der Waals surface area contributed by atoms with E-state index in [-0.39, 0.29) is 5.41 Å². The van der Waals surface area contributed by atoms with Gasteiger partial charge in [-0.3, -0.25) is 0 Å². The first-order chi connectivity index (χ1) is 10.1. The topological polar surface area (TPSA) is 62.0 Å². The lowest BCUT2D eigenvalue weighted by Crippen LogP contribution is -2.23. The average Bonchev–Trinajstić information content (AvgIpc) is 2.74. The molecule has 0 spiro atoms. The van der Waals surface area contributed by atoms with Crippen LogP contribution in [0.25, 0.3) is 0 Å². The summed E-state index contributed by atoms with van der Waals surface area (Å²) in [5.41, 5.74) is 4.11. The number of hydrogen-bond donors (Lipinski definition) is 2.